The van der Waals surface area contributed by atoms with Crippen molar-refractivity contribution in [3.8, 4) is 0 Å². The summed E-state index contributed by atoms with van der Waals surface area (Å²) >= 11 is 5.89. The van der Waals surface area contributed by atoms with Crippen molar-refractivity contribution in [3.05, 3.63) is 33.1 Å². The number of carbonyl (C=O) groups is 1. The van der Waals surface area contributed by atoms with E-state index in [0.717, 1.165) is 10.1 Å². The van der Waals surface area contributed by atoms with Crippen LogP contribution in [0.25, 0.3) is 0 Å². The second-order valence-corrected chi connectivity index (χ2v) is 6.20. The molecule has 0 aromatic carbocycles. The van der Waals surface area contributed by atoms with E-state index in [1.807, 2.05) is 12.1 Å². The van der Waals surface area contributed by atoms with Crippen LogP contribution in [0.1, 0.15) is 21.1 Å². The summed E-state index contributed by atoms with van der Waals surface area (Å²) in [5.74, 6) is 0.539. The van der Waals surface area contributed by atoms with Gasteiger partial charge in [0.05, 0.1) is 11.4 Å². The van der Waals surface area contributed by atoms with Crippen LogP contribution >= 0.6 is 39.0 Å². The number of aryl methyl sites for hydroxylation is 1. The minimum absolute atomic E-state index is 0.299. The Morgan fingerprint density at radius 2 is 2.41 bits per heavy atom. The second-order valence-electron chi connectivity index (χ2n) is 3.19. The van der Waals surface area contributed by atoms with Gasteiger partial charge in [0.25, 0.3) is 0 Å². The van der Waals surface area contributed by atoms with E-state index in [4.69, 9.17) is 9.52 Å². The second kappa shape index (κ2) is 5.24. The van der Waals surface area contributed by atoms with Gasteiger partial charge in [0.2, 0.25) is 0 Å². The fourth-order valence-corrected chi connectivity index (χ4v) is 3.46. The van der Waals surface area contributed by atoms with E-state index in [0.29, 0.717) is 21.0 Å². The van der Waals surface area contributed by atoms with Crippen molar-refractivity contribution >= 4 is 45.0 Å². The molecule has 0 unspecified atom stereocenters. The molecule has 0 saturated heterocycles. The molecule has 0 aliphatic carbocycles. The Labute approximate surface area is 114 Å². The van der Waals surface area contributed by atoms with Crippen molar-refractivity contribution in [2.75, 3.05) is 0 Å². The maximum atomic E-state index is 10.8. The number of nitrogens with zero attached hydrogens (tertiary/aromatic N) is 1. The van der Waals surface area contributed by atoms with Gasteiger partial charge in [-0.3, -0.25) is 0 Å². The lowest BCUT2D eigenvalue weighted by Gasteiger charge is -1.92. The molecule has 17 heavy (non-hydrogen) atoms. The Hall–Kier alpha value is -0.790. The third-order valence-corrected chi connectivity index (χ3v) is 4.67. The number of thioether (sulfide) groups is 1. The van der Waals surface area contributed by atoms with Crippen molar-refractivity contribution in [2.45, 2.75) is 17.0 Å². The first-order valence-electron chi connectivity index (χ1n) is 4.64. The average Bonchev–Trinajstić information content (AvgIpc) is 2.82. The van der Waals surface area contributed by atoms with Crippen molar-refractivity contribution in [1.29, 1.82) is 0 Å². The highest BCUT2D eigenvalue weighted by Gasteiger charge is 2.14. The maximum absolute atomic E-state index is 10.8. The highest BCUT2D eigenvalue weighted by atomic mass is 79.9. The zero-order valence-corrected chi connectivity index (χ0v) is 12.0. The molecule has 0 amide bonds. The number of thiazole rings is 1. The minimum Gasteiger partial charge on any atom is -0.477 e. The van der Waals surface area contributed by atoms with Gasteiger partial charge in [-0.1, -0.05) is 11.8 Å². The monoisotopic (exact) mass is 333 g/mol. The van der Waals surface area contributed by atoms with E-state index in [1.165, 1.54) is 23.1 Å². The first-order chi connectivity index (χ1) is 8.06. The topological polar surface area (TPSA) is 63.3 Å². The number of halogens is 1. The normalized spacial score (nSPS) is 10.7. The number of aromatic carboxylic acids is 1. The molecule has 2 heterocycles. The summed E-state index contributed by atoms with van der Waals surface area (Å²) in [4.78, 5) is 15.3. The van der Waals surface area contributed by atoms with E-state index < -0.39 is 5.97 Å². The molecular formula is C10H8BrNO3S2. The van der Waals surface area contributed by atoms with E-state index in [-0.39, 0.29) is 0 Å². The van der Waals surface area contributed by atoms with Crippen LogP contribution in [0.15, 0.2) is 25.6 Å². The van der Waals surface area contributed by atoms with Crippen LogP contribution in [-0.2, 0) is 5.75 Å². The number of rotatable bonds is 4. The van der Waals surface area contributed by atoms with Crippen LogP contribution in [0.5, 0.6) is 0 Å². The van der Waals surface area contributed by atoms with Gasteiger partial charge in [-0.2, -0.15) is 0 Å². The van der Waals surface area contributed by atoms with E-state index in [2.05, 4.69) is 20.9 Å². The summed E-state index contributed by atoms with van der Waals surface area (Å²) in [6.07, 6.45) is 0. The fraction of sp³-hybridized carbons (Fsp3) is 0.200. The molecule has 0 radical (unpaired) electrons. The number of hydrogen-bond acceptors (Lipinski definition) is 5. The van der Waals surface area contributed by atoms with Crippen LogP contribution in [0, 0.1) is 6.92 Å². The largest absolute Gasteiger partial charge is 0.477 e. The Bertz CT molecular complexity index is 549. The lowest BCUT2D eigenvalue weighted by atomic mass is 10.4. The van der Waals surface area contributed by atoms with Gasteiger partial charge in [-0.25, -0.2) is 9.78 Å². The molecule has 2 rings (SSSR count). The van der Waals surface area contributed by atoms with Crippen molar-refractivity contribution in [3.63, 3.8) is 0 Å². The first kappa shape index (κ1) is 12.7. The Balaban J connectivity index is 2.04. The Morgan fingerprint density at radius 3 is 2.94 bits per heavy atom. The van der Waals surface area contributed by atoms with Crippen LogP contribution in [0.2, 0.25) is 0 Å². The predicted octanol–water partition coefficient (Wildman–Crippen LogP) is 3.80. The quantitative estimate of drug-likeness (QED) is 0.862. The maximum Gasteiger partial charge on any atom is 0.347 e. The molecule has 2 aromatic rings. The van der Waals surface area contributed by atoms with Gasteiger partial charge >= 0.3 is 5.97 Å². The van der Waals surface area contributed by atoms with Crippen LogP contribution in [0.3, 0.4) is 0 Å². The minimum atomic E-state index is -0.924. The molecule has 0 spiro atoms. The molecule has 0 aliphatic rings. The molecule has 0 fully saturated rings. The third-order valence-electron chi connectivity index (χ3n) is 1.94. The van der Waals surface area contributed by atoms with E-state index >= 15 is 0 Å². The highest BCUT2D eigenvalue weighted by Crippen LogP contribution is 2.30. The van der Waals surface area contributed by atoms with Gasteiger partial charge < -0.3 is 9.52 Å². The van der Waals surface area contributed by atoms with Crippen LogP contribution in [-0.4, -0.2) is 16.1 Å². The smallest absolute Gasteiger partial charge is 0.347 e. The molecular weight excluding hydrogens is 326 g/mol. The zero-order chi connectivity index (χ0) is 12.4. The van der Waals surface area contributed by atoms with Crippen LogP contribution < -0.4 is 0 Å². The molecule has 7 heteroatoms. The van der Waals surface area contributed by atoms with Crippen LogP contribution in [0.4, 0.5) is 0 Å². The Morgan fingerprint density at radius 1 is 1.65 bits per heavy atom. The van der Waals surface area contributed by atoms with Crippen molar-refractivity contribution in [2.24, 2.45) is 0 Å². The van der Waals surface area contributed by atoms with Gasteiger partial charge in [-0.05, 0) is 35.0 Å². The number of hydrogen-bond donors (Lipinski definition) is 1. The molecule has 0 atom stereocenters. The lowest BCUT2D eigenvalue weighted by molar-refractivity contribution is 0.0701. The van der Waals surface area contributed by atoms with E-state index in [1.54, 1.807) is 6.92 Å². The molecule has 90 valence electrons. The number of carboxylic acids is 1. The average molecular weight is 334 g/mol. The molecule has 0 bridgehead atoms. The molecule has 1 N–H and O–H groups in total. The fourth-order valence-electron chi connectivity index (χ4n) is 1.19. The summed E-state index contributed by atoms with van der Waals surface area (Å²) in [6, 6.07) is 3.70. The third kappa shape index (κ3) is 3.11. The highest BCUT2D eigenvalue weighted by molar-refractivity contribution is 9.10. The lowest BCUT2D eigenvalue weighted by Crippen LogP contribution is -1.94. The van der Waals surface area contributed by atoms with Gasteiger partial charge in [0.1, 0.15) is 10.6 Å². The Kier molecular flexibility index (Phi) is 3.90. The van der Waals surface area contributed by atoms with Crippen molar-refractivity contribution in [1.82, 2.24) is 4.98 Å². The molecule has 2 aromatic heterocycles. The summed E-state index contributed by atoms with van der Waals surface area (Å²) < 4.78 is 6.78. The van der Waals surface area contributed by atoms with E-state index in [9.17, 15) is 4.79 Å². The first-order valence-corrected chi connectivity index (χ1v) is 7.23. The molecule has 0 saturated carbocycles. The number of aromatic nitrogens is 1. The summed E-state index contributed by atoms with van der Waals surface area (Å²) in [6.45, 7) is 1.70. The zero-order valence-electron chi connectivity index (χ0n) is 8.77. The number of carboxylic acid groups (broad SMARTS) is 1. The number of furan rings is 1. The molecule has 4 nitrogen and oxygen atoms in total. The summed E-state index contributed by atoms with van der Waals surface area (Å²) in [5, 5.41) is 8.90. The molecule has 0 aliphatic heterocycles. The predicted molar refractivity (Wildman–Crippen MR) is 69.8 cm³/mol. The van der Waals surface area contributed by atoms with Gasteiger partial charge in [-0.15, -0.1) is 11.3 Å². The van der Waals surface area contributed by atoms with Gasteiger partial charge in [0, 0.05) is 0 Å². The van der Waals surface area contributed by atoms with Crippen molar-refractivity contribution < 1.29 is 14.3 Å². The standard InChI is InChI=1S/C10H8BrNO3S2/c1-5-8(9(13)14)17-10(12-5)16-4-6-2-3-7(11)15-6/h2-3H,4H2,1H3,(H,13,14). The summed E-state index contributed by atoms with van der Waals surface area (Å²) in [7, 11) is 0. The SMILES string of the molecule is Cc1nc(SCc2ccc(Br)o2)sc1C(=O)O. The van der Waals surface area contributed by atoms with Gasteiger partial charge in [0.15, 0.2) is 9.01 Å². The summed E-state index contributed by atoms with van der Waals surface area (Å²) in [5.41, 5.74) is 0.561.